The van der Waals surface area contributed by atoms with E-state index < -0.39 is 10.0 Å². The predicted molar refractivity (Wildman–Crippen MR) is 101 cm³/mol. The third-order valence-corrected chi connectivity index (χ3v) is 6.85. The average Bonchev–Trinajstić information content (AvgIpc) is 3.16. The number of benzene rings is 1. The molecule has 2 aromatic heterocycles. The zero-order valence-electron chi connectivity index (χ0n) is 13.8. The van der Waals surface area contributed by atoms with E-state index in [4.69, 9.17) is 4.52 Å². The van der Waals surface area contributed by atoms with E-state index in [1.54, 1.807) is 19.1 Å². The van der Waals surface area contributed by atoms with Crippen LogP contribution in [0.25, 0.3) is 10.7 Å². The number of hydrogen-bond donors (Lipinski definition) is 1. The summed E-state index contributed by atoms with van der Waals surface area (Å²) < 4.78 is 34.0. The summed E-state index contributed by atoms with van der Waals surface area (Å²) in [4.78, 5) is 5.78. The topological polar surface area (TPSA) is 85.1 Å². The van der Waals surface area contributed by atoms with Crippen molar-refractivity contribution in [1.29, 1.82) is 0 Å². The highest BCUT2D eigenvalue weighted by atomic mass is 79.9. The summed E-state index contributed by atoms with van der Waals surface area (Å²) in [7, 11) is -3.72. The van der Waals surface area contributed by atoms with Crippen molar-refractivity contribution >= 4 is 43.0 Å². The normalized spacial score (nSPS) is 11.7. The quantitative estimate of drug-likeness (QED) is 0.627. The molecule has 3 rings (SSSR count). The molecule has 1 aromatic carbocycles. The molecule has 0 saturated heterocycles. The lowest BCUT2D eigenvalue weighted by atomic mass is 10.2. The van der Waals surface area contributed by atoms with Gasteiger partial charge in [-0.25, -0.2) is 8.42 Å². The summed E-state index contributed by atoms with van der Waals surface area (Å²) in [5.74, 6) is 0.926. The van der Waals surface area contributed by atoms with E-state index in [0.717, 1.165) is 5.56 Å². The fourth-order valence-corrected chi connectivity index (χ4v) is 5.57. The molecule has 0 bridgehead atoms. The number of anilines is 1. The van der Waals surface area contributed by atoms with Gasteiger partial charge >= 0.3 is 0 Å². The average molecular weight is 442 g/mol. The van der Waals surface area contributed by atoms with Crippen LogP contribution in [-0.4, -0.2) is 18.6 Å². The van der Waals surface area contributed by atoms with Crippen LogP contribution in [0, 0.1) is 13.8 Å². The monoisotopic (exact) mass is 441 g/mol. The number of aryl methyl sites for hydroxylation is 3. The van der Waals surface area contributed by atoms with Gasteiger partial charge in [0.1, 0.15) is 4.90 Å². The van der Waals surface area contributed by atoms with Gasteiger partial charge in [0, 0.05) is 15.8 Å². The molecule has 0 radical (unpaired) electrons. The fourth-order valence-electron chi connectivity index (χ4n) is 2.24. The van der Waals surface area contributed by atoms with Crippen molar-refractivity contribution in [3.05, 3.63) is 45.1 Å². The van der Waals surface area contributed by atoms with Crippen molar-refractivity contribution in [3.8, 4) is 10.7 Å². The summed E-state index contributed by atoms with van der Waals surface area (Å²) in [5, 5.41) is 3.90. The Kier molecular flexibility index (Phi) is 4.99. The number of sulfonamides is 1. The van der Waals surface area contributed by atoms with E-state index >= 15 is 0 Å². The van der Waals surface area contributed by atoms with E-state index in [0.29, 0.717) is 38.1 Å². The Morgan fingerprint density at radius 1 is 1.28 bits per heavy atom. The standard InChI is InChI=1S/C16H16BrN3O3S2/c1-4-15-18-16(19-23-15)13-8-14(10(3)24-13)25(21,22)20-12-6-5-9(2)7-11(12)17/h5-8,20H,4H2,1-3H3. The zero-order valence-corrected chi connectivity index (χ0v) is 17.0. The maximum atomic E-state index is 12.8. The van der Waals surface area contributed by atoms with Crippen LogP contribution in [0.3, 0.4) is 0 Å². The van der Waals surface area contributed by atoms with Crippen molar-refractivity contribution in [2.45, 2.75) is 32.1 Å². The summed E-state index contributed by atoms with van der Waals surface area (Å²) >= 11 is 4.71. The minimum Gasteiger partial charge on any atom is -0.339 e. The number of nitrogens with zero attached hydrogens (tertiary/aromatic N) is 2. The molecule has 132 valence electrons. The van der Waals surface area contributed by atoms with Crippen molar-refractivity contribution in [1.82, 2.24) is 10.1 Å². The van der Waals surface area contributed by atoms with Crippen LogP contribution in [0.1, 0.15) is 23.3 Å². The van der Waals surface area contributed by atoms with Gasteiger partial charge in [0.15, 0.2) is 0 Å². The molecule has 0 unspecified atom stereocenters. The SMILES string of the molecule is CCc1nc(-c2cc(S(=O)(=O)Nc3ccc(C)cc3Br)c(C)s2)no1. The number of hydrogen-bond acceptors (Lipinski definition) is 6. The second-order valence-corrected chi connectivity index (χ2v) is 9.25. The van der Waals surface area contributed by atoms with Gasteiger partial charge in [0.2, 0.25) is 11.7 Å². The number of rotatable bonds is 5. The molecular formula is C16H16BrN3O3S2. The predicted octanol–water partition coefficient (Wildman–Crippen LogP) is 4.54. The molecule has 0 atom stereocenters. The molecule has 25 heavy (non-hydrogen) atoms. The van der Waals surface area contributed by atoms with Gasteiger partial charge in [-0.05, 0) is 53.5 Å². The minimum absolute atomic E-state index is 0.211. The van der Waals surface area contributed by atoms with Gasteiger partial charge in [-0.2, -0.15) is 4.98 Å². The van der Waals surface area contributed by atoms with E-state index in [1.807, 2.05) is 26.0 Å². The first-order chi connectivity index (χ1) is 11.8. The Balaban J connectivity index is 1.94. The largest absolute Gasteiger partial charge is 0.339 e. The van der Waals surface area contributed by atoms with Gasteiger partial charge in [-0.3, -0.25) is 4.72 Å². The third kappa shape index (κ3) is 3.78. The maximum absolute atomic E-state index is 12.8. The molecule has 0 spiro atoms. The van der Waals surface area contributed by atoms with Crippen molar-refractivity contribution < 1.29 is 12.9 Å². The van der Waals surface area contributed by atoms with Gasteiger partial charge < -0.3 is 4.52 Å². The van der Waals surface area contributed by atoms with Crippen LogP contribution >= 0.6 is 27.3 Å². The molecule has 0 saturated carbocycles. The first-order valence-corrected chi connectivity index (χ1v) is 10.6. The number of thiophene rings is 1. The summed E-state index contributed by atoms with van der Waals surface area (Å²) in [5.41, 5.74) is 1.53. The van der Waals surface area contributed by atoms with E-state index in [9.17, 15) is 8.42 Å². The van der Waals surface area contributed by atoms with Crippen molar-refractivity contribution in [3.63, 3.8) is 0 Å². The maximum Gasteiger partial charge on any atom is 0.263 e. The molecule has 1 N–H and O–H groups in total. The first kappa shape index (κ1) is 18.1. The van der Waals surface area contributed by atoms with E-state index in [1.165, 1.54) is 11.3 Å². The molecule has 0 aliphatic rings. The van der Waals surface area contributed by atoms with Crippen LogP contribution < -0.4 is 4.72 Å². The summed E-state index contributed by atoms with van der Waals surface area (Å²) in [6.07, 6.45) is 0.630. The van der Waals surface area contributed by atoms with Gasteiger partial charge in [-0.1, -0.05) is 18.1 Å². The van der Waals surface area contributed by atoms with Crippen molar-refractivity contribution in [2.75, 3.05) is 4.72 Å². The second-order valence-electron chi connectivity index (χ2n) is 5.49. The molecule has 0 aliphatic heterocycles. The Bertz CT molecular complexity index is 1030. The van der Waals surface area contributed by atoms with Gasteiger partial charge in [0.25, 0.3) is 10.0 Å². The highest BCUT2D eigenvalue weighted by Crippen LogP contribution is 2.34. The number of nitrogens with one attached hydrogen (secondary N) is 1. The lowest BCUT2D eigenvalue weighted by Crippen LogP contribution is -2.13. The molecule has 0 fully saturated rings. The molecule has 9 heteroatoms. The summed E-state index contributed by atoms with van der Waals surface area (Å²) in [6, 6.07) is 7.01. The molecule has 0 amide bonds. The van der Waals surface area contributed by atoms with Crippen LogP contribution in [0.2, 0.25) is 0 Å². The lowest BCUT2D eigenvalue weighted by molar-refractivity contribution is 0.383. The molecule has 3 aromatic rings. The van der Waals surface area contributed by atoms with Crippen LogP contribution in [-0.2, 0) is 16.4 Å². The number of aromatic nitrogens is 2. The first-order valence-electron chi connectivity index (χ1n) is 7.52. The highest BCUT2D eigenvalue weighted by Gasteiger charge is 2.23. The van der Waals surface area contributed by atoms with Crippen LogP contribution in [0.4, 0.5) is 5.69 Å². The van der Waals surface area contributed by atoms with E-state index in [-0.39, 0.29) is 4.90 Å². The van der Waals surface area contributed by atoms with Gasteiger partial charge in [0.05, 0.1) is 10.6 Å². The Morgan fingerprint density at radius 3 is 2.68 bits per heavy atom. The molecular weight excluding hydrogens is 426 g/mol. The smallest absolute Gasteiger partial charge is 0.263 e. The zero-order chi connectivity index (χ0) is 18.2. The molecule has 2 heterocycles. The Morgan fingerprint density at radius 2 is 2.04 bits per heavy atom. The summed E-state index contributed by atoms with van der Waals surface area (Å²) in [6.45, 7) is 5.61. The Hall–Kier alpha value is -1.71. The Labute approximate surface area is 158 Å². The second kappa shape index (κ2) is 6.89. The minimum atomic E-state index is -3.72. The highest BCUT2D eigenvalue weighted by molar-refractivity contribution is 9.10. The van der Waals surface area contributed by atoms with Gasteiger partial charge in [-0.15, -0.1) is 11.3 Å². The third-order valence-electron chi connectivity index (χ3n) is 3.52. The number of halogens is 1. The molecule has 6 nitrogen and oxygen atoms in total. The van der Waals surface area contributed by atoms with Crippen molar-refractivity contribution in [2.24, 2.45) is 0 Å². The van der Waals surface area contributed by atoms with Crippen LogP contribution in [0.15, 0.2) is 38.2 Å². The van der Waals surface area contributed by atoms with Crippen LogP contribution in [0.5, 0.6) is 0 Å². The lowest BCUT2D eigenvalue weighted by Gasteiger charge is -2.10. The molecule has 0 aliphatic carbocycles. The fraction of sp³-hybridized carbons (Fsp3) is 0.250. The van der Waals surface area contributed by atoms with E-state index in [2.05, 4.69) is 30.8 Å².